The van der Waals surface area contributed by atoms with Crippen LogP contribution in [0.2, 0.25) is 0 Å². The zero-order valence-corrected chi connectivity index (χ0v) is 18.2. The quantitative estimate of drug-likeness (QED) is 0.529. The topological polar surface area (TPSA) is 67.9 Å². The average molecular weight is 425 g/mol. The number of piperidine rings is 1. The van der Waals surface area contributed by atoms with Gasteiger partial charge in [-0.1, -0.05) is 30.9 Å². The molecule has 0 radical (unpaired) electrons. The van der Waals surface area contributed by atoms with E-state index in [4.69, 9.17) is 21.7 Å². The second-order valence-corrected chi connectivity index (χ2v) is 8.41. The van der Waals surface area contributed by atoms with Gasteiger partial charge in [0.1, 0.15) is 10.1 Å². The number of carbonyl (C=O) groups excluding carboxylic acids is 2. The van der Waals surface area contributed by atoms with Crippen LogP contribution >= 0.6 is 24.0 Å². The van der Waals surface area contributed by atoms with E-state index in [1.165, 1.54) is 11.8 Å². The predicted molar refractivity (Wildman–Crippen MR) is 117 cm³/mol. The molecule has 2 rings (SSSR count). The van der Waals surface area contributed by atoms with Crippen LogP contribution in [0.1, 0.15) is 33.6 Å². The van der Waals surface area contributed by atoms with Crippen LogP contribution in [0.5, 0.6) is 5.75 Å². The summed E-state index contributed by atoms with van der Waals surface area (Å²) in [6, 6.07) is 7.03. The number of hydrogen-bond acceptors (Lipinski definition) is 6. The standard InChI is InChI=1S/C20H28N2O4S2/c1-4-25-17-7-5-16(6-8-17)21-19(24)15(3)26-18(23)13-28-20(27)22-11-9-14(2)10-12-22/h5-8,14-15H,4,9-13H2,1-3H3,(H,21,24). The third-order valence-corrected chi connectivity index (χ3v) is 5.96. The first kappa shape index (κ1) is 22.5. The predicted octanol–water partition coefficient (Wildman–Crippen LogP) is 3.71. The monoisotopic (exact) mass is 424 g/mol. The Balaban J connectivity index is 1.72. The van der Waals surface area contributed by atoms with Crippen LogP contribution in [-0.4, -0.2) is 52.7 Å². The summed E-state index contributed by atoms with van der Waals surface area (Å²) in [5, 5.41) is 2.72. The molecule has 28 heavy (non-hydrogen) atoms. The molecule has 1 aliphatic heterocycles. The van der Waals surface area contributed by atoms with Crippen molar-refractivity contribution in [3.8, 4) is 5.75 Å². The van der Waals surface area contributed by atoms with Gasteiger partial charge in [0.25, 0.3) is 5.91 Å². The van der Waals surface area contributed by atoms with Gasteiger partial charge in [-0.3, -0.25) is 9.59 Å². The Morgan fingerprint density at radius 3 is 2.54 bits per heavy atom. The first-order valence-electron chi connectivity index (χ1n) is 9.54. The minimum Gasteiger partial charge on any atom is -0.494 e. The van der Waals surface area contributed by atoms with Crippen LogP contribution in [0.3, 0.4) is 0 Å². The van der Waals surface area contributed by atoms with Crippen molar-refractivity contribution in [2.45, 2.75) is 39.7 Å². The van der Waals surface area contributed by atoms with Gasteiger partial charge >= 0.3 is 5.97 Å². The van der Waals surface area contributed by atoms with Crippen molar-refractivity contribution in [3.05, 3.63) is 24.3 Å². The lowest BCUT2D eigenvalue weighted by atomic mass is 10.00. The van der Waals surface area contributed by atoms with Gasteiger partial charge in [0.05, 0.1) is 12.4 Å². The first-order valence-corrected chi connectivity index (χ1v) is 10.9. The van der Waals surface area contributed by atoms with E-state index in [-0.39, 0.29) is 11.7 Å². The van der Waals surface area contributed by atoms with E-state index in [1.54, 1.807) is 31.2 Å². The lowest BCUT2D eigenvalue weighted by molar-refractivity contribution is -0.150. The number of thiocarbonyl (C=S) groups is 1. The molecule has 1 aromatic rings. The molecule has 0 aliphatic carbocycles. The number of ether oxygens (including phenoxy) is 2. The molecule has 1 atom stereocenters. The Morgan fingerprint density at radius 2 is 1.93 bits per heavy atom. The third-order valence-electron chi connectivity index (χ3n) is 4.47. The summed E-state index contributed by atoms with van der Waals surface area (Å²) in [7, 11) is 0. The smallest absolute Gasteiger partial charge is 0.317 e. The zero-order chi connectivity index (χ0) is 20.5. The van der Waals surface area contributed by atoms with Crippen molar-refractivity contribution >= 4 is 45.9 Å². The molecule has 1 saturated heterocycles. The first-order chi connectivity index (χ1) is 13.4. The molecule has 0 saturated carbocycles. The van der Waals surface area contributed by atoms with E-state index in [0.29, 0.717) is 12.3 Å². The van der Waals surface area contributed by atoms with Crippen LogP contribution in [0, 0.1) is 5.92 Å². The second kappa shape index (κ2) is 11.3. The molecule has 8 heteroatoms. The van der Waals surface area contributed by atoms with Crippen molar-refractivity contribution in [1.82, 2.24) is 4.90 Å². The Bertz CT molecular complexity index is 673. The maximum absolute atomic E-state index is 12.2. The number of benzene rings is 1. The van der Waals surface area contributed by atoms with Gasteiger partial charge in [-0.25, -0.2) is 0 Å². The molecule has 6 nitrogen and oxygen atoms in total. The minimum atomic E-state index is -0.885. The molecule has 0 aromatic heterocycles. The van der Waals surface area contributed by atoms with Gasteiger partial charge in [0.15, 0.2) is 6.10 Å². The zero-order valence-electron chi connectivity index (χ0n) is 16.6. The third kappa shape index (κ3) is 7.31. The molecule has 154 valence electrons. The maximum Gasteiger partial charge on any atom is 0.317 e. The van der Waals surface area contributed by atoms with E-state index in [1.807, 2.05) is 6.92 Å². The molecule has 1 aromatic carbocycles. The van der Waals surface area contributed by atoms with Crippen LogP contribution < -0.4 is 10.1 Å². The van der Waals surface area contributed by atoms with Crippen molar-refractivity contribution in [2.24, 2.45) is 5.92 Å². The SMILES string of the molecule is CCOc1ccc(NC(=O)C(C)OC(=O)CSC(=S)N2CCC(C)CC2)cc1. The summed E-state index contributed by atoms with van der Waals surface area (Å²) in [6.07, 6.45) is 1.35. The average Bonchev–Trinajstić information content (AvgIpc) is 2.68. The van der Waals surface area contributed by atoms with E-state index in [9.17, 15) is 9.59 Å². The number of carbonyl (C=O) groups is 2. The van der Waals surface area contributed by atoms with E-state index in [2.05, 4.69) is 17.1 Å². The number of anilines is 1. The lowest BCUT2D eigenvalue weighted by Crippen LogP contribution is -2.36. The van der Waals surface area contributed by atoms with Crippen molar-refractivity contribution in [3.63, 3.8) is 0 Å². The molecule has 1 N–H and O–H groups in total. The molecule has 0 bridgehead atoms. The van der Waals surface area contributed by atoms with Crippen LogP contribution in [0.4, 0.5) is 5.69 Å². The van der Waals surface area contributed by atoms with Gasteiger partial charge < -0.3 is 19.7 Å². The summed E-state index contributed by atoms with van der Waals surface area (Å²) in [5.41, 5.74) is 0.617. The summed E-state index contributed by atoms with van der Waals surface area (Å²) in [4.78, 5) is 26.4. The van der Waals surface area contributed by atoms with E-state index < -0.39 is 12.1 Å². The largest absolute Gasteiger partial charge is 0.494 e. The van der Waals surface area contributed by atoms with Gasteiger partial charge in [0.2, 0.25) is 0 Å². The van der Waals surface area contributed by atoms with Crippen LogP contribution in [-0.2, 0) is 14.3 Å². The number of likely N-dealkylation sites (tertiary alicyclic amines) is 1. The maximum atomic E-state index is 12.2. The van der Waals surface area contributed by atoms with Crippen molar-refractivity contribution in [2.75, 3.05) is 30.8 Å². The number of hydrogen-bond donors (Lipinski definition) is 1. The summed E-state index contributed by atoms with van der Waals surface area (Å²) >= 11 is 6.70. The molecule has 1 heterocycles. The van der Waals surface area contributed by atoms with Crippen LogP contribution in [0.15, 0.2) is 24.3 Å². The summed E-state index contributed by atoms with van der Waals surface area (Å²) in [6.45, 7) is 8.15. The molecule has 1 aliphatic rings. The van der Waals surface area contributed by atoms with Gasteiger partial charge in [-0.05, 0) is 56.9 Å². The highest BCUT2D eigenvalue weighted by Crippen LogP contribution is 2.20. The highest BCUT2D eigenvalue weighted by Gasteiger charge is 2.21. The Kier molecular flexibility index (Phi) is 9.05. The second-order valence-electron chi connectivity index (χ2n) is 6.80. The summed E-state index contributed by atoms with van der Waals surface area (Å²) in [5.74, 6) is 0.730. The van der Waals surface area contributed by atoms with Crippen molar-refractivity contribution < 1.29 is 19.1 Å². The Labute approximate surface area is 176 Å². The van der Waals surface area contributed by atoms with Gasteiger partial charge in [0, 0.05) is 18.8 Å². The number of nitrogens with one attached hydrogen (secondary N) is 1. The van der Waals surface area contributed by atoms with E-state index >= 15 is 0 Å². The normalized spacial score (nSPS) is 15.6. The molecule has 1 fully saturated rings. The fourth-order valence-corrected chi connectivity index (χ4v) is 3.77. The Morgan fingerprint density at radius 1 is 1.29 bits per heavy atom. The number of thioether (sulfide) groups is 1. The number of nitrogens with zero attached hydrogens (tertiary/aromatic N) is 1. The minimum absolute atomic E-state index is 0.103. The number of rotatable bonds is 7. The fourth-order valence-electron chi connectivity index (χ4n) is 2.73. The van der Waals surface area contributed by atoms with Crippen LogP contribution in [0.25, 0.3) is 0 Å². The molecule has 0 spiro atoms. The van der Waals surface area contributed by atoms with Gasteiger partial charge in [-0.15, -0.1) is 0 Å². The molecule has 1 amide bonds. The molecule has 1 unspecified atom stereocenters. The number of amides is 1. The number of esters is 1. The summed E-state index contributed by atoms with van der Waals surface area (Å²) < 4.78 is 11.3. The fraction of sp³-hybridized carbons (Fsp3) is 0.550. The van der Waals surface area contributed by atoms with Crippen molar-refractivity contribution in [1.29, 1.82) is 0 Å². The molecular weight excluding hydrogens is 396 g/mol. The van der Waals surface area contributed by atoms with E-state index in [0.717, 1.165) is 41.9 Å². The van der Waals surface area contributed by atoms with Gasteiger partial charge in [-0.2, -0.15) is 0 Å². The lowest BCUT2D eigenvalue weighted by Gasteiger charge is -2.31. The molecular formula is C20H28N2O4S2. The highest BCUT2D eigenvalue weighted by atomic mass is 32.2. The highest BCUT2D eigenvalue weighted by molar-refractivity contribution is 8.23. The Hall–Kier alpha value is -1.80.